The van der Waals surface area contributed by atoms with E-state index in [2.05, 4.69) is 20.9 Å². The van der Waals surface area contributed by atoms with Crippen molar-refractivity contribution in [2.75, 3.05) is 13.1 Å². The third-order valence-electron chi connectivity index (χ3n) is 5.28. The molecule has 1 saturated carbocycles. The molecule has 0 unspecified atom stereocenters. The number of nitrogens with zero attached hydrogens (tertiary/aromatic N) is 3. The summed E-state index contributed by atoms with van der Waals surface area (Å²) in [5.41, 5.74) is 1.07. The van der Waals surface area contributed by atoms with Gasteiger partial charge in [0, 0.05) is 55.8 Å². The smallest absolute Gasteiger partial charge is 0.224 e. The van der Waals surface area contributed by atoms with Crippen LogP contribution >= 0.6 is 0 Å². The van der Waals surface area contributed by atoms with Crippen molar-refractivity contribution in [2.45, 2.75) is 44.7 Å². The number of fused-ring (bicyclic) bond motifs is 1. The quantitative estimate of drug-likeness (QED) is 0.904. The van der Waals surface area contributed by atoms with Crippen molar-refractivity contribution in [3.63, 3.8) is 0 Å². The third-order valence-corrected chi connectivity index (χ3v) is 5.28. The maximum atomic E-state index is 12.5. The van der Waals surface area contributed by atoms with Crippen LogP contribution in [0.1, 0.15) is 32.1 Å². The van der Waals surface area contributed by atoms with Gasteiger partial charge in [-0.25, -0.2) is 0 Å². The Morgan fingerprint density at radius 2 is 1.96 bits per heavy atom. The number of hydrogen-bond acceptors (Lipinski definition) is 3. The number of amides is 2. The van der Waals surface area contributed by atoms with E-state index in [0.717, 1.165) is 49.7 Å². The molecule has 2 aliphatic rings. The minimum atomic E-state index is 0.192. The number of nitrogens with one attached hydrogen (secondary N) is 1. The second-order valence-corrected chi connectivity index (χ2v) is 7.13. The van der Waals surface area contributed by atoms with Gasteiger partial charge in [-0.2, -0.15) is 0 Å². The number of aryl methyl sites for hydroxylation is 1. The normalized spacial score (nSPS) is 18.5. The highest BCUT2D eigenvalue weighted by Crippen LogP contribution is 2.29. The first-order valence-electron chi connectivity index (χ1n) is 9.18. The van der Waals surface area contributed by atoms with Crippen LogP contribution in [-0.2, 0) is 16.1 Å². The van der Waals surface area contributed by atoms with Gasteiger partial charge in [-0.1, -0.05) is 0 Å². The molecule has 1 aliphatic heterocycles. The number of likely N-dealkylation sites (tertiary alicyclic amines) is 1. The highest BCUT2D eigenvalue weighted by Gasteiger charge is 2.32. The molecule has 0 bridgehead atoms. The van der Waals surface area contributed by atoms with Gasteiger partial charge >= 0.3 is 0 Å². The molecule has 25 heavy (non-hydrogen) atoms. The number of pyridine rings is 1. The van der Waals surface area contributed by atoms with Crippen molar-refractivity contribution in [3.05, 3.63) is 30.7 Å². The number of carbonyl (C=O) groups excluding carboxylic acids is 2. The van der Waals surface area contributed by atoms with E-state index in [0.29, 0.717) is 13.0 Å². The molecule has 4 rings (SSSR count). The van der Waals surface area contributed by atoms with Crippen molar-refractivity contribution >= 4 is 22.7 Å². The van der Waals surface area contributed by atoms with Crippen LogP contribution in [0.25, 0.3) is 10.9 Å². The zero-order chi connectivity index (χ0) is 17.2. The highest BCUT2D eigenvalue weighted by molar-refractivity contribution is 5.81. The van der Waals surface area contributed by atoms with Crippen molar-refractivity contribution in [1.29, 1.82) is 0 Å². The Kier molecular flexibility index (Phi) is 4.42. The van der Waals surface area contributed by atoms with E-state index in [-0.39, 0.29) is 23.8 Å². The largest absolute Gasteiger partial charge is 0.353 e. The minimum Gasteiger partial charge on any atom is -0.353 e. The van der Waals surface area contributed by atoms with Crippen LogP contribution in [0, 0.1) is 5.92 Å². The lowest BCUT2D eigenvalue weighted by atomic mass is 10.0. The number of hydrogen-bond donors (Lipinski definition) is 1. The topological polar surface area (TPSA) is 67.2 Å². The van der Waals surface area contributed by atoms with Crippen molar-refractivity contribution in [1.82, 2.24) is 19.8 Å². The summed E-state index contributed by atoms with van der Waals surface area (Å²) in [5.74, 6) is 0.654. The maximum Gasteiger partial charge on any atom is 0.224 e. The Morgan fingerprint density at radius 3 is 2.72 bits per heavy atom. The standard InChI is InChI=1S/C19H24N4O2/c24-18(7-12-22-9-4-14-3-8-20-13-17(14)22)23-10-5-16(6-11-23)21-19(25)15-1-2-15/h3-4,8-9,13,15-16H,1-2,5-7,10-12H2,(H,21,25). The Hall–Kier alpha value is -2.37. The average molecular weight is 340 g/mol. The molecule has 1 N–H and O–H groups in total. The van der Waals surface area contributed by atoms with E-state index in [4.69, 9.17) is 0 Å². The van der Waals surface area contributed by atoms with Crippen LogP contribution in [-0.4, -0.2) is 45.4 Å². The van der Waals surface area contributed by atoms with E-state index in [1.807, 2.05) is 23.4 Å². The first-order chi connectivity index (χ1) is 12.2. The fraction of sp³-hybridized carbons (Fsp3) is 0.526. The molecule has 6 nitrogen and oxygen atoms in total. The number of piperidine rings is 1. The van der Waals surface area contributed by atoms with Crippen LogP contribution in [0.5, 0.6) is 0 Å². The van der Waals surface area contributed by atoms with E-state index >= 15 is 0 Å². The predicted octanol–water partition coefficient (Wildman–Crippen LogP) is 1.94. The second-order valence-electron chi connectivity index (χ2n) is 7.13. The Morgan fingerprint density at radius 1 is 1.16 bits per heavy atom. The lowest BCUT2D eigenvalue weighted by molar-refractivity contribution is -0.132. The second kappa shape index (κ2) is 6.86. The van der Waals surface area contributed by atoms with Gasteiger partial charge in [0.05, 0.1) is 11.7 Å². The molecule has 0 atom stereocenters. The molecule has 2 amide bonds. The van der Waals surface area contributed by atoms with Crippen LogP contribution in [0.3, 0.4) is 0 Å². The fourth-order valence-electron chi connectivity index (χ4n) is 3.54. The predicted molar refractivity (Wildman–Crippen MR) is 94.8 cm³/mol. The first kappa shape index (κ1) is 16.1. The zero-order valence-corrected chi connectivity index (χ0v) is 14.4. The SMILES string of the molecule is O=C(NC1CCN(C(=O)CCn2ccc3ccncc32)CC1)C1CC1. The van der Waals surface area contributed by atoms with Gasteiger partial charge < -0.3 is 14.8 Å². The molecular formula is C19H24N4O2. The summed E-state index contributed by atoms with van der Waals surface area (Å²) in [7, 11) is 0. The summed E-state index contributed by atoms with van der Waals surface area (Å²) in [5, 5.41) is 4.27. The molecule has 132 valence electrons. The molecule has 1 saturated heterocycles. The van der Waals surface area contributed by atoms with Crippen molar-refractivity contribution in [2.24, 2.45) is 5.92 Å². The van der Waals surface area contributed by atoms with E-state index in [1.165, 1.54) is 0 Å². The van der Waals surface area contributed by atoms with Crippen molar-refractivity contribution in [3.8, 4) is 0 Å². The first-order valence-corrected chi connectivity index (χ1v) is 9.18. The Balaban J connectivity index is 1.25. The summed E-state index contributed by atoms with van der Waals surface area (Å²) in [4.78, 5) is 30.4. The monoisotopic (exact) mass is 340 g/mol. The summed E-state index contributed by atoms with van der Waals surface area (Å²) < 4.78 is 2.09. The maximum absolute atomic E-state index is 12.5. The molecule has 0 radical (unpaired) electrons. The molecule has 6 heteroatoms. The molecule has 2 aromatic heterocycles. The summed E-state index contributed by atoms with van der Waals surface area (Å²) in [6, 6.07) is 4.26. The highest BCUT2D eigenvalue weighted by atomic mass is 16.2. The average Bonchev–Trinajstić information content (AvgIpc) is 3.41. The fourth-order valence-corrected chi connectivity index (χ4v) is 3.54. The van der Waals surface area contributed by atoms with Gasteiger partial charge in [0.2, 0.25) is 11.8 Å². The summed E-state index contributed by atoms with van der Waals surface area (Å²) in [6.45, 7) is 2.15. The van der Waals surface area contributed by atoms with E-state index in [1.54, 1.807) is 6.20 Å². The molecule has 0 aromatic carbocycles. The van der Waals surface area contributed by atoms with Gasteiger partial charge in [-0.15, -0.1) is 0 Å². The molecule has 0 spiro atoms. The molecule has 2 fully saturated rings. The minimum absolute atomic E-state index is 0.192. The lowest BCUT2D eigenvalue weighted by Crippen LogP contribution is -2.47. The number of rotatable bonds is 5. The Labute approximate surface area is 147 Å². The molecule has 1 aliphatic carbocycles. The Bertz CT molecular complexity index is 773. The zero-order valence-electron chi connectivity index (χ0n) is 14.4. The van der Waals surface area contributed by atoms with Crippen LogP contribution in [0.4, 0.5) is 0 Å². The third kappa shape index (κ3) is 3.67. The molecule has 3 heterocycles. The lowest BCUT2D eigenvalue weighted by Gasteiger charge is -2.32. The van der Waals surface area contributed by atoms with Gasteiger partial charge in [0.1, 0.15) is 0 Å². The van der Waals surface area contributed by atoms with Crippen LogP contribution in [0.15, 0.2) is 30.7 Å². The van der Waals surface area contributed by atoms with Gasteiger partial charge in [0.25, 0.3) is 0 Å². The summed E-state index contributed by atoms with van der Waals surface area (Å²) >= 11 is 0. The van der Waals surface area contributed by atoms with E-state index in [9.17, 15) is 9.59 Å². The summed E-state index contributed by atoms with van der Waals surface area (Å²) in [6.07, 6.45) is 9.93. The van der Waals surface area contributed by atoms with Crippen LogP contribution < -0.4 is 5.32 Å². The van der Waals surface area contributed by atoms with Gasteiger partial charge in [-0.3, -0.25) is 14.6 Å². The van der Waals surface area contributed by atoms with Gasteiger partial charge in [-0.05, 0) is 37.8 Å². The van der Waals surface area contributed by atoms with Gasteiger partial charge in [0.15, 0.2) is 0 Å². The number of carbonyl (C=O) groups is 2. The van der Waals surface area contributed by atoms with Crippen LogP contribution in [0.2, 0.25) is 0 Å². The van der Waals surface area contributed by atoms with Crippen molar-refractivity contribution < 1.29 is 9.59 Å². The molecular weight excluding hydrogens is 316 g/mol. The molecule has 2 aromatic rings. The number of aromatic nitrogens is 2. The van der Waals surface area contributed by atoms with E-state index < -0.39 is 0 Å².